The third-order valence-electron chi connectivity index (χ3n) is 4.69. The van der Waals surface area contributed by atoms with E-state index >= 15 is 0 Å². The Bertz CT molecular complexity index is 431. The van der Waals surface area contributed by atoms with E-state index in [0.29, 0.717) is 6.42 Å². The smallest absolute Gasteiger partial charge is 0.307 e. The SMILES string of the molecule is CN(CC(=O)N(C)C1CCCCC1)C(=O)C1CC1C(=O)O. The average molecular weight is 296 g/mol. The number of hydrogen-bond donors (Lipinski definition) is 1. The molecular formula is C15H24N2O4. The summed E-state index contributed by atoms with van der Waals surface area (Å²) in [5.74, 6) is -2.23. The number of rotatable bonds is 5. The second kappa shape index (κ2) is 6.45. The van der Waals surface area contributed by atoms with Gasteiger partial charge in [0.2, 0.25) is 11.8 Å². The Labute approximate surface area is 125 Å². The van der Waals surface area contributed by atoms with Crippen molar-refractivity contribution in [2.45, 2.75) is 44.6 Å². The van der Waals surface area contributed by atoms with Crippen LogP contribution >= 0.6 is 0 Å². The van der Waals surface area contributed by atoms with Gasteiger partial charge in [-0.15, -0.1) is 0 Å². The number of carboxylic acid groups (broad SMARTS) is 1. The van der Waals surface area contributed by atoms with E-state index in [9.17, 15) is 14.4 Å². The summed E-state index contributed by atoms with van der Waals surface area (Å²) in [6.45, 7) is 0.0364. The summed E-state index contributed by atoms with van der Waals surface area (Å²) in [6.07, 6.45) is 5.99. The summed E-state index contributed by atoms with van der Waals surface area (Å²) in [5.41, 5.74) is 0. The molecule has 0 aromatic carbocycles. The van der Waals surface area contributed by atoms with Gasteiger partial charge in [-0.1, -0.05) is 19.3 Å². The van der Waals surface area contributed by atoms with E-state index in [1.165, 1.54) is 11.3 Å². The van der Waals surface area contributed by atoms with Gasteiger partial charge in [0.1, 0.15) is 0 Å². The second-order valence-electron chi connectivity index (χ2n) is 6.28. The zero-order chi connectivity index (χ0) is 15.6. The molecule has 1 N–H and O–H groups in total. The van der Waals surface area contributed by atoms with Crippen molar-refractivity contribution < 1.29 is 19.5 Å². The summed E-state index contributed by atoms with van der Waals surface area (Å²) in [6, 6.07) is 0.280. The van der Waals surface area contributed by atoms with Crippen LogP contribution in [0.25, 0.3) is 0 Å². The highest BCUT2D eigenvalue weighted by molar-refractivity contribution is 5.91. The first kappa shape index (κ1) is 15.8. The first-order valence-corrected chi connectivity index (χ1v) is 7.65. The maximum absolute atomic E-state index is 12.2. The molecule has 6 heteroatoms. The third-order valence-corrected chi connectivity index (χ3v) is 4.69. The van der Waals surface area contributed by atoms with Crippen LogP contribution in [0.2, 0.25) is 0 Å². The molecule has 2 fully saturated rings. The fraction of sp³-hybridized carbons (Fsp3) is 0.800. The highest BCUT2D eigenvalue weighted by Crippen LogP contribution is 2.39. The monoisotopic (exact) mass is 296 g/mol. The van der Waals surface area contributed by atoms with E-state index in [0.717, 1.165) is 25.7 Å². The first-order valence-electron chi connectivity index (χ1n) is 7.65. The quantitative estimate of drug-likeness (QED) is 0.819. The van der Waals surface area contributed by atoms with Crippen molar-refractivity contribution in [3.63, 3.8) is 0 Å². The topological polar surface area (TPSA) is 77.9 Å². The molecule has 2 rings (SSSR count). The van der Waals surface area contributed by atoms with Gasteiger partial charge in [-0.05, 0) is 19.3 Å². The van der Waals surface area contributed by atoms with Gasteiger partial charge in [0, 0.05) is 20.1 Å². The molecular weight excluding hydrogens is 272 g/mol. The minimum absolute atomic E-state index is 0.0364. The van der Waals surface area contributed by atoms with Crippen molar-refractivity contribution in [1.82, 2.24) is 9.80 Å². The molecule has 0 aromatic rings. The predicted molar refractivity (Wildman–Crippen MR) is 76.5 cm³/mol. The minimum Gasteiger partial charge on any atom is -0.481 e. The van der Waals surface area contributed by atoms with E-state index < -0.39 is 17.8 Å². The maximum Gasteiger partial charge on any atom is 0.307 e. The van der Waals surface area contributed by atoms with Crippen molar-refractivity contribution in [3.8, 4) is 0 Å². The first-order chi connectivity index (χ1) is 9.91. The third kappa shape index (κ3) is 3.74. The van der Waals surface area contributed by atoms with Crippen LogP contribution in [0, 0.1) is 11.8 Å². The molecule has 21 heavy (non-hydrogen) atoms. The lowest BCUT2D eigenvalue weighted by atomic mass is 9.94. The Kier molecular flexibility index (Phi) is 4.85. The van der Waals surface area contributed by atoms with Gasteiger partial charge in [-0.2, -0.15) is 0 Å². The van der Waals surface area contributed by atoms with Gasteiger partial charge in [0.15, 0.2) is 0 Å². The second-order valence-corrected chi connectivity index (χ2v) is 6.28. The van der Waals surface area contributed by atoms with Gasteiger partial charge < -0.3 is 14.9 Å². The number of nitrogens with zero attached hydrogens (tertiary/aromatic N) is 2. The zero-order valence-electron chi connectivity index (χ0n) is 12.7. The van der Waals surface area contributed by atoms with Crippen LogP contribution in [-0.2, 0) is 14.4 Å². The summed E-state index contributed by atoms with van der Waals surface area (Å²) in [4.78, 5) is 38.2. The number of carbonyl (C=O) groups is 3. The van der Waals surface area contributed by atoms with E-state index in [1.54, 1.807) is 19.0 Å². The van der Waals surface area contributed by atoms with E-state index in [1.807, 2.05) is 0 Å². The standard InChI is InChI=1S/C15H24N2O4/c1-16(14(19)11-8-12(11)15(20)21)9-13(18)17(2)10-6-4-3-5-7-10/h10-12H,3-9H2,1-2H3,(H,20,21). The van der Waals surface area contributed by atoms with Crippen LogP contribution in [0.1, 0.15) is 38.5 Å². The molecule has 0 radical (unpaired) electrons. The molecule has 0 spiro atoms. The van der Waals surface area contributed by atoms with Gasteiger partial charge in [-0.3, -0.25) is 14.4 Å². The van der Waals surface area contributed by atoms with Gasteiger partial charge in [0.25, 0.3) is 0 Å². The molecule has 6 nitrogen and oxygen atoms in total. The Hall–Kier alpha value is -1.59. The highest BCUT2D eigenvalue weighted by atomic mass is 16.4. The Morgan fingerprint density at radius 1 is 1.05 bits per heavy atom. The summed E-state index contributed by atoms with van der Waals surface area (Å²) < 4.78 is 0. The van der Waals surface area contributed by atoms with E-state index in [2.05, 4.69) is 0 Å². The number of aliphatic carboxylic acids is 1. The zero-order valence-corrected chi connectivity index (χ0v) is 12.7. The largest absolute Gasteiger partial charge is 0.481 e. The normalized spacial score (nSPS) is 25.2. The molecule has 2 saturated carbocycles. The lowest BCUT2D eigenvalue weighted by Gasteiger charge is -2.32. The lowest BCUT2D eigenvalue weighted by molar-refractivity contribution is -0.143. The molecule has 0 aromatic heterocycles. The summed E-state index contributed by atoms with van der Waals surface area (Å²) >= 11 is 0. The Morgan fingerprint density at radius 3 is 2.19 bits per heavy atom. The van der Waals surface area contributed by atoms with Crippen molar-refractivity contribution in [3.05, 3.63) is 0 Å². The van der Waals surface area contributed by atoms with Crippen LogP contribution in [-0.4, -0.2) is 59.4 Å². The number of likely N-dealkylation sites (N-methyl/N-ethyl adjacent to an activating group) is 2. The molecule has 0 bridgehead atoms. The number of carboxylic acids is 1. The fourth-order valence-electron chi connectivity index (χ4n) is 3.09. The van der Waals surface area contributed by atoms with Crippen molar-refractivity contribution in [2.24, 2.45) is 11.8 Å². The van der Waals surface area contributed by atoms with Crippen LogP contribution in [0.5, 0.6) is 0 Å². The average Bonchev–Trinajstić information content (AvgIpc) is 3.27. The molecule has 2 unspecified atom stereocenters. The van der Waals surface area contributed by atoms with Crippen LogP contribution in [0.4, 0.5) is 0 Å². The summed E-state index contributed by atoms with van der Waals surface area (Å²) in [5, 5.41) is 8.85. The molecule has 2 atom stereocenters. The van der Waals surface area contributed by atoms with Crippen molar-refractivity contribution >= 4 is 17.8 Å². The minimum atomic E-state index is -0.924. The highest BCUT2D eigenvalue weighted by Gasteiger charge is 2.49. The molecule has 118 valence electrons. The predicted octanol–water partition coefficient (Wildman–Crippen LogP) is 0.957. The van der Waals surface area contributed by atoms with Gasteiger partial charge in [0.05, 0.1) is 18.4 Å². The fourth-order valence-corrected chi connectivity index (χ4v) is 3.09. The molecule has 0 aliphatic heterocycles. The molecule has 2 aliphatic carbocycles. The summed E-state index contributed by atoms with van der Waals surface area (Å²) in [7, 11) is 3.37. The number of amides is 2. The van der Waals surface area contributed by atoms with Crippen molar-refractivity contribution in [2.75, 3.05) is 20.6 Å². The Balaban J connectivity index is 1.81. The maximum atomic E-state index is 12.2. The van der Waals surface area contributed by atoms with E-state index in [4.69, 9.17) is 5.11 Å². The molecule has 0 heterocycles. The molecule has 2 amide bonds. The van der Waals surface area contributed by atoms with Crippen LogP contribution in [0.3, 0.4) is 0 Å². The van der Waals surface area contributed by atoms with Crippen molar-refractivity contribution in [1.29, 1.82) is 0 Å². The lowest BCUT2D eigenvalue weighted by Crippen LogP contribution is -2.45. The van der Waals surface area contributed by atoms with Gasteiger partial charge >= 0.3 is 5.97 Å². The molecule has 2 aliphatic rings. The number of carbonyl (C=O) groups excluding carboxylic acids is 2. The molecule has 0 saturated heterocycles. The number of hydrogen-bond acceptors (Lipinski definition) is 3. The van der Waals surface area contributed by atoms with Crippen LogP contribution in [0.15, 0.2) is 0 Å². The van der Waals surface area contributed by atoms with Crippen LogP contribution < -0.4 is 0 Å². The Morgan fingerprint density at radius 2 is 1.67 bits per heavy atom. The van der Waals surface area contributed by atoms with Gasteiger partial charge in [-0.25, -0.2) is 0 Å². The van der Waals surface area contributed by atoms with E-state index in [-0.39, 0.29) is 24.4 Å².